The van der Waals surface area contributed by atoms with Crippen LogP contribution in [0.2, 0.25) is 0 Å². The third-order valence-corrected chi connectivity index (χ3v) is 3.16. The number of carbonyl (C=O) groups is 2. The van der Waals surface area contributed by atoms with Gasteiger partial charge in [-0.15, -0.1) is 0 Å². The summed E-state index contributed by atoms with van der Waals surface area (Å²) >= 11 is 0. The van der Waals surface area contributed by atoms with Crippen LogP contribution >= 0.6 is 0 Å². The lowest BCUT2D eigenvalue weighted by Crippen LogP contribution is -2.13. The van der Waals surface area contributed by atoms with Gasteiger partial charge in [-0.3, -0.25) is 9.59 Å². The van der Waals surface area contributed by atoms with E-state index in [1.54, 1.807) is 12.1 Å². The number of aliphatic hydroxyl groups excluding tert-OH is 1. The Balaban J connectivity index is 2.33. The first-order valence-corrected chi connectivity index (χ1v) is 5.86. The van der Waals surface area contributed by atoms with Gasteiger partial charge in [-0.05, 0) is 28.5 Å². The van der Waals surface area contributed by atoms with E-state index >= 15 is 0 Å². The van der Waals surface area contributed by atoms with Crippen molar-refractivity contribution in [2.75, 3.05) is 0 Å². The van der Waals surface area contributed by atoms with Gasteiger partial charge in [0.05, 0.1) is 5.57 Å². The van der Waals surface area contributed by atoms with Crippen LogP contribution in [0.5, 0.6) is 0 Å². The molecule has 0 unspecified atom stereocenters. The van der Waals surface area contributed by atoms with E-state index < -0.39 is 11.5 Å². The number of aliphatic hydroxyl groups is 1. The second kappa shape index (κ2) is 4.21. The van der Waals surface area contributed by atoms with Crippen LogP contribution in [0.25, 0.3) is 16.3 Å². The number of ketones is 2. The van der Waals surface area contributed by atoms with Gasteiger partial charge in [-0.1, -0.05) is 42.5 Å². The van der Waals surface area contributed by atoms with Crippen molar-refractivity contribution in [3.63, 3.8) is 0 Å². The molecule has 1 aliphatic carbocycles. The van der Waals surface area contributed by atoms with Crippen molar-refractivity contribution in [2.45, 2.75) is 0 Å². The molecule has 0 bridgehead atoms. The zero-order valence-electron chi connectivity index (χ0n) is 9.96. The molecule has 0 fully saturated rings. The Bertz CT molecular complexity index is 761. The summed E-state index contributed by atoms with van der Waals surface area (Å²) in [6.45, 7) is 0. The van der Waals surface area contributed by atoms with E-state index in [0.29, 0.717) is 5.56 Å². The Morgan fingerprint density at radius 2 is 1.47 bits per heavy atom. The molecule has 2 aromatic rings. The first-order chi connectivity index (χ1) is 9.18. The van der Waals surface area contributed by atoms with Crippen LogP contribution in [0.15, 0.2) is 60.4 Å². The molecule has 92 valence electrons. The van der Waals surface area contributed by atoms with Gasteiger partial charge in [-0.2, -0.15) is 0 Å². The largest absolute Gasteiger partial charge is 0.504 e. The van der Waals surface area contributed by atoms with Crippen molar-refractivity contribution in [1.29, 1.82) is 0 Å². The molecule has 0 aliphatic heterocycles. The maximum absolute atomic E-state index is 11.9. The number of fused-ring (bicyclic) bond motifs is 1. The van der Waals surface area contributed by atoms with Gasteiger partial charge in [-0.25, -0.2) is 0 Å². The maximum atomic E-state index is 11.9. The third kappa shape index (κ3) is 1.76. The predicted molar refractivity (Wildman–Crippen MR) is 72.7 cm³/mol. The minimum absolute atomic E-state index is 0.0734. The van der Waals surface area contributed by atoms with Crippen molar-refractivity contribution in [3.8, 4) is 0 Å². The third-order valence-electron chi connectivity index (χ3n) is 3.16. The summed E-state index contributed by atoms with van der Waals surface area (Å²) in [5.41, 5.74) is 0.655. The number of rotatable bonds is 1. The van der Waals surface area contributed by atoms with Gasteiger partial charge in [0.1, 0.15) is 0 Å². The molecule has 0 saturated heterocycles. The highest BCUT2D eigenvalue weighted by Crippen LogP contribution is 2.29. The fraction of sp³-hybridized carbons (Fsp3) is 0. The van der Waals surface area contributed by atoms with Crippen molar-refractivity contribution >= 4 is 27.9 Å². The van der Waals surface area contributed by atoms with Crippen LogP contribution < -0.4 is 0 Å². The van der Waals surface area contributed by atoms with Gasteiger partial charge in [0.2, 0.25) is 5.78 Å². The number of carbonyl (C=O) groups excluding carboxylic acids is 2. The summed E-state index contributed by atoms with van der Waals surface area (Å²) < 4.78 is 0. The second-order valence-electron chi connectivity index (χ2n) is 4.31. The van der Waals surface area contributed by atoms with Gasteiger partial charge in [0.25, 0.3) is 0 Å². The fourth-order valence-corrected chi connectivity index (χ4v) is 2.26. The fourth-order valence-electron chi connectivity index (χ4n) is 2.26. The number of allylic oxidation sites excluding steroid dienone is 3. The van der Waals surface area contributed by atoms with Crippen LogP contribution in [0, 0.1) is 0 Å². The lowest BCUT2D eigenvalue weighted by molar-refractivity contribution is -0.115. The molecule has 0 aromatic heterocycles. The Labute approximate surface area is 109 Å². The standard InChI is InChI=1S/C16H10O3/c17-13-8-9-14(18)16(19)15(13)12-7-3-5-10-4-1-2-6-11(10)12/h1-9,19H. The van der Waals surface area contributed by atoms with Crippen LogP contribution in [0.1, 0.15) is 5.56 Å². The van der Waals surface area contributed by atoms with Crippen molar-refractivity contribution in [2.24, 2.45) is 0 Å². The summed E-state index contributed by atoms with van der Waals surface area (Å²) in [5, 5.41) is 11.7. The molecule has 19 heavy (non-hydrogen) atoms. The highest BCUT2D eigenvalue weighted by molar-refractivity contribution is 6.36. The minimum atomic E-state index is -0.539. The van der Waals surface area contributed by atoms with E-state index in [0.717, 1.165) is 16.8 Å². The average Bonchev–Trinajstić information content (AvgIpc) is 2.44. The Morgan fingerprint density at radius 1 is 0.789 bits per heavy atom. The van der Waals surface area contributed by atoms with Gasteiger partial charge in [0.15, 0.2) is 11.5 Å². The summed E-state index contributed by atoms with van der Waals surface area (Å²) in [4.78, 5) is 23.5. The summed E-state index contributed by atoms with van der Waals surface area (Å²) in [6.07, 6.45) is 2.28. The summed E-state index contributed by atoms with van der Waals surface area (Å²) in [6, 6.07) is 13.0. The molecule has 0 saturated carbocycles. The van der Waals surface area contributed by atoms with E-state index in [1.807, 2.05) is 30.3 Å². The number of benzene rings is 2. The molecule has 3 heteroatoms. The van der Waals surface area contributed by atoms with E-state index in [-0.39, 0.29) is 11.4 Å². The Morgan fingerprint density at radius 3 is 2.32 bits per heavy atom. The highest BCUT2D eigenvalue weighted by atomic mass is 16.3. The van der Waals surface area contributed by atoms with Crippen LogP contribution in [-0.4, -0.2) is 16.7 Å². The van der Waals surface area contributed by atoms with Gasteiger partial charge >= 0.3 is 0 Å². The smallest absolute Gasteiger partial charge is 0.221 e. The first kappa shape index (κ1) is 11.4. The highest BCUT2D eigenvalue weighted by Gasteiger charge is 2.24. The van der Waals surface area contributed by atoms with Crippen LogP contribution in [0.4, 0.5) is 0 Å². The normalized spacial score (nSPS) is 15.4. The first-order valence-electron chi connectivity index (χ1n) is 5.86. The Hall–Kier alpha value is -2.68. The predicted octanol–water partition coefficient (Wildman–Crippen LogP) is 2.82. The molecular weight excluding hydrogens is 240 g/mol. The molecule has 0 heterocycles. The van der Waals surface area contributed by atoms with Gasteiger partial charge < -0.3 is 5.11 Å². The molecule has 1 N–H and O–H groups in total. The van der Waals surface area contributed by atoms with Crippen molar-refractivity contribution in [1.82, 2.24) is 0 Å². The quantitative estimate of drug-likeness (QED) is 0.792. The lowest BCUT2D eigenvalue weighted by Gasteiger charge is -2.12. The van der Waals surface area contributed by atoms with E-state index in [4.69, 9.17) is 0 Å². The monoisotopic (exact) mass is 250 g/mol. The molecular formula is C16H10O3. The van der Waals surface area contributed by atoms with Gasteiger partial charge in [0, 0.05) is 0 Å². The van der Waals surface area contributed by atoms with E-state index in [1.165, 1.54) is 6.08 Å². The SMILES string of the molecule is O=C1C=CC(=O)C(c2cccc3ccccc23)=C1O. The number of hydrogen-bond donors (Lipinski definition) is 1. The van der Waals surface area contributed by atoms with Crippen molar-refractivity contribution < 1.29 is 14.7 Å². The molecule has 0 radical (unpaired) electrons. The second-order valence-corrected chi connectivity index (χ2v) is 4.31. The topological polar surface area (TPSA) is 54.4 Å². The van der Waals surface area contributed by atoms with Crippen LogP contribution in [0.3, 0.4) is 0 Å². The molecule has 0 spiro atoms. The molecule has 0 atom stereocenters. The molecule has 0 amide bonds. The number of hydrogen-bond acceptors (Lipinski definition) is 3. The van der Waals surface area contributed by atoms with Crippen molar-refractivity contribution in [3.05, 3.63) is 65.9 Å². The van der Waals surface area contributed by atoms with E-state index in [9.17, 15) is 14.7 Å². The Kier molecular flexibility index (Phi) is 2.53. The molecule has 3 rings (SSSR count). The zero-order valence-corrected chi connectivity index (χ0v) is 9.96. The molecule has 3 nitrogen and oxygen atoms in total. The lowest BCUT2D eigenvalue weighted by atomic mass is 9.91. The van der Waals surface area contributed by atoms with E-state index in [2.05, 4.69) is 0 Å². The minimum Gasteiger partial charge on any atom is -0.504 e. The molecule has 2 aromatic carbocycles. The zero-order chi connectivity index (χ0) is 13.4. The average molecular weight is 250 g/mol. The maximum Gasteiger partial charge on any atom is 0.221 e. The van der Waals surface area contributed by atoms with Crippen LogP contribution in [-0.2, 0) is 9.59 Å². The summed E-state index contributed by atoms with van der Waals surface area (Å²) in [7, 11) is 0. The summed E-state index contributed by atoms with van der Waals surface area (Å²) in [5.74, 6) is -1.38. The molecule has 1 aliphatic rings.